The minimum absolute atomic E-state index is 0.346. The number of nitrogens with one attached hydrogen (secondary N) is 2. The Morgan fingerprint density at radius 1 is 1.12 bits per heavy atom. The molecular formula is C20H23N5. The number of aromatic amines is 2. The number of hydrogen-bond acceptors (Lipinski definition) is 3. The van der Waals surface area contributed by atoms with Gasteiger partial charge in [-0.2, -0.15) is 0 Å². The Hall–Kier alpha value is -2.66. The van der Waals surface area contributed by atoms with Crippen LogP contribution in [0.25, 0.3) is 33.2 Å². The van der Waals surface area contributed by atoms with Crippen molar-refractivity contribution < 1.29 is 0 Å². The quantitative estimate of drug-likeness (QED) is 0.526. The lowest BCUT2D eigenvalue weighted by molar-refractivity contribution is 0.554. The van der Waals surface area contributed by atoms with Crippen molar-refractivity contribution in [2.24, 2.45) is 5.73 Å². The number of aromatic nitrogens is 4. The van der Waals surface area contributed by atoms with E-state index in [1.54, 1.807) is 0 Å². The summed E-state index contributed by atoms with van der Waals surface area (Å²) in [6, 6.07) is 8.38. The summed E-state index contributed by atoms with van der Waals surface area (Å²) >= 11 is 0. The first-order valence-electron chi connectivity index (χ1n) is 8.64. The lowest BCUT2D eigenvalue weighted by Gasteiger charge is -2.19. The van der Waals surface area contributed by atoms with E-state index in [1.807, 2.05) is 27.0 Å². The lowest BCUT2D eigenvalue weighted by Crippen LogP contribution is -2.28. The van der Waals surface area contributed by atoms with Crippen LogP contribution in [0.4, 0.5) is 0 Å². The number of rotatable bonds is 3. The van der Waals surface area contributed by atoms with Gasteiger partial charge in [-0.3, -0.25) is 5.10 Å². The Morgan fingerprint density at radius 2 is 1.84 bits per heavy atom. The summed E-state index contributed by atoms with van der Waals surface area (Å²) in [5.41, 5.74) is 13.2. The van der Waals surface area contributed by atoms with Crippen LogP contribution in [0.1, 0.15) is 37.6 Å². The minimum Gasteiger partial charge on any atom is -0.322 e. The van der Waals surface area contributed by atoms with Gasteiger partial charge in [-0.1, -0.05) is 31.2 Å². The highest BCUT2D eigenvalue weighted by Gasteiger charge is 2.19. The van der Waals surface area contributed by atoms with E-state index < -0.39 is 0 Å². The molecule has 0 unspecified atom stereocenters. The molecule has 0 saturated carbocycles. The van der Waals surface area contributed by atoms with Crippen LogP contribution in [-0.4, -0.2) is 20.2 Å². The number of fused-ring (bicyclic) bond motifs is 3. The van der Waals surface area contributed by atoms with E-state index in [1.165, 1.54) is 5.56 Å². The number of H-pyrrole nitrogens is 2. The highest BCUT2D eigenvalue weighted by atomic mass is 15.1. The molecule has 0 amide bonds. The lowest BCUT2D eigenvalue weighted by atomic mass is 9.93. The van der Waals surface area contributed by atoms with Crippen LogP contribution < -0.4 is 5.73 Å². The molecule has 3 heterocycles. The summed E-state index contributed by atoms with van der Waals surface area (Å²) in [4.78, 5) is 9.41. The fraction of sp³-hybridized carbons (Fsp3) is 0.300. The molecule has 1 aromatic carbocycles. The molecule has 5 heteroatoms. The van der Waals surface area contributed by atoms with Crippen molar-refractivity contribution >= 4 is 21.9 Å². The molecule has 0 atom stereocenters. The van der Waals surface area contributed by atoms with Crippen LogP contribution in [0.5, 0.6) is 0 Å². The van der Waals surface area contributed by atoms with Crippen molar-refractivity contribution in [3.63, 3.8) is 0 Å². The molecule has 4 aromatic rings. The second-order valence-electron chi connectivity index (χ2n) is 7.21. The Balaban J connectivity index is 1.94. The Labute approximate surface area is 146 Å². The number of aryl methyl sites for hydroxylation is 2. The van der Waals surface area contributed by atoms with E-state index >= 15 is 0 Å². The maximum absolute atomic E-state index is 6.19. The standard InChI is InChI=1S/C20H23N5/c1-5-14-16-18-15(11(2)24-25-18)10-22-19(16)23-17(14)12-6-8-13(9-7-12)20(3,4)21/h6-10,24-25H,5,21H2,1-4H3. The van der Waals surface area contributed by atoms with Crippen molar-refractivity contribution in [3.8, 4) is 11.3 Å². The molecule has 0 bridgehead atoms. The summed E-state index contributed by atoms with van der Waals surface area (Å²) in [7, 11) is 0. The van der Waals surface area contributed by atoms with Gasteiger partial charge in [0.25, 0.3) is 0 Å². The molecule has 0 aliphatic rings. The van der Waals surface area contributed by atoms with Gasteiger partial charge in [-0.15, -0.1) is 0 Å². The first kappa shape index (κ1) is 15.8. The largest absolute Gasteiger partial charge is 0.322 e. The van der Waals surface area contributed by atoms with E-state index in [9.17, 15) is 0 Å². The van der Waals surface area contributed by atoms with Crippen molar-refractivity contribution in [1.29, 1.82) is 0 Å². The first-order valence-corrected chi connectivity index (χ1v) is 8.64. The van der Waals surface area contributed by atoms with Gasteiger partial charge >= 0.3 is 0 Å². The van der Waals surface area contributed by atoms with Gasteiger partial charge in [0.2, 0.25) is 0 Å². The zero-order valence-electron chi connectivity index (χ0n) is 15.1. The van der Waals surface area contributed by atoms with Crippen molar-refractivity contribution in [2.75, 3.05) is 0 Å². The van der Waals surface area contributed by atoms with Gasteiger partial charge in [0.1, 0.15) is 0 Å². The Kier molecular flexibility index (Phi) is 3.44. The number of pyridine rings is 1. The third-order valence-electron chi connectivity index (χ3n) is 4.90. The smallest absolute Gasteiger partial charge is 0.162 e. The van der Waals surface area contributed by atoms with E-state index in [4.69, 9.17) is 10.7 Å². The van der Waals surface area contributed by atoms with E-state index in [0.717, 1.165) is 50.9 Å². The third-order valence-corrected chi connectivity index (χ3v) is 4.90. The maximum Gasteiger partial charge on any atom is 0.162 e. The van der Waals surface area contributed by atoms with Crippen molar-refractivity contribution in [1.82, 2.24) is 20.2 Å². The molecule has 0 radical (unpaired) electrons. The van der Waals surface area contributed by atoms with Crippen LogP contribution in [0.2, 0.25) is 0 Å². The number of hydrogen-bond donors (Lipinski definition) is 3. The molecule has 3 aromatic heterocycles. The fourth-order valence-electron chi connectivity index (χ4n) is 3.44. The van der Waals surface area contributed by atoms with Crippen LogP contribution >= 0.6 is 0 Å². The molecule has 0 saturated heterocycles. The minimum atomic E-state index is -0.346. The second-order valence-corrected chi connectivity index (χ2v) is 7.21. The highest BCUT2D eigenvalue weighted by Crippen LogP contribution is 2.34. The normalized spacial score (nSPS) is 12.4. The van der Waals surface area contributed by atoms with E-state index in [2.05, 4.69) is 46.4 Å². The zero-order valence-corrected chi connectivity index (χ0v) is 15.1. The summed E-state index contributed by atoms with van der Waals surface area (Å²) < 4.78 is 0. The molecule has 25 heavy (non-hydrogen) atoms. The number of benzene rings is 1. The summed E-state index contributed by atoms with van der Waals surface area (Å²) in [5, 5.41) is 8.69. The molecule has 128 valence electrons. The summed E-state index contributed by atoms with van der Waals surface area (Å²) in [6.07, 6.45) is 2.78. The molecule has 5 nitrogen and oxygen atoms in total. The number of nitrogens with two attached hydrogens (primary N) is 1. The zero-order chi connectivity index (χ0) is 17.8. The van der Waals surface area contributed by atoms with Gasteiger partial charge < -0.3 is 10.8 Å². The van der Waals surface area contributed by atoms with E-state index in [0.29, 0.717) is 0 Å². The van der Waals surface area contributed by atoms with Gasteiger partial charge in [0.15, 0.2) is 5.65 Å². The Morgan fingerprint density at radius 3 is 2.48 bits per heavy atom. The summed E-state index contributed by atoms with van der Waals surface area (Å²) in [5.74, 6) is 0. The average molecular weight is 333 g/mol. The molecule has 0 aliphatic heterocycles. The van der Waals surface area contributed by atoms with Crippen LogP contribution in [0, 0.1) is 6.92 Å². The molecule has 0 fully saturated rings. The van der Waals surface area contributed by atoms with Gasteiger partial charge in [-0.25, -0.2) is 9.97 Å². The molecular weight excluding hydrogens is 310 g/mol. The molecule has 4 N–H and O–H groups in total. The van der Waals surface area contributed by atoms with Crippen molar-refractivity contribution in [2.45, 2.75) is 39.7 Å². The van der Waals surface area contributed by atoms with Crippen LogP contribution in [0.3, 0.4) is 0 Å². The molecule has 0 spiro atoms. The predicted octanol–water partition coefficient (Wildman–Crippen LogP) is 4.17. The Bertz CT molecular complexity index is 1060. The molecule has 4 rings (SSSR count). The van der Waals surface area contributed by atoms with Crippen molar-refractivity contribution in [3.05, 3.63) is 47.3 Å². The summed E-state index contributed by atoms with van der Waals surface area (Å²) in [6.45, 7) is 8.23. The SMILES string of the molecule is CCc1c(-c2ccc(C(C)(C)N)cc2)nc2ncc3c(C)[nH][nH]c3c12. The predicted molar refractivity (Wildman–Crippen MR) is 103 cm³/mol. The van der Waals surface area contributed by atoms with Gasteiger partial charge in [0, 0.05) is 28.4 Å². The molecule has 0 aliphatic carbocycles. The second kappa shape index (κ2) is 5.43. The average Bonchev–Trinajstić information content (AvgIpc) is 3.14. The van der Waals surface area contributed by atoms with Crippen LogP contribution in [-0.2, 0) is 12.0 Å². The fourth-order valence-corrected chi connectivity index (χ4v) is 3.44. The van der Waals surface area contributed by atoms with E-state index in [-0.39, 0.29) is 5.54 Å². The monoisotopic (exact) mass is 333 g/mol. The topological polar surface area (TPSA) is 83.4 Å². The number of nitrogens with zero attached hydrogens (tertiary/aromatic N) is 2. The first-order chi connectivity index (χ1) is 11.9. The van der Waals surface area contributed by atoms with Crippen LogP contribution in [0.15, 0.2) is 30.5 Å². The highest BCUT2D eigenvalue weighted by molar-refractivity contribution is 6.07. The van der Waals surface area contributed by atoms with Gasteiger partial charge in [-0.05, 0) is 38.3 Å². The van der Waals surface area contributed by atoms with Gasteiger partial charge in [0.05, 0.1) is 16.6 Å². The maximum atomic E-state index is 6.19. The third kappa shape index (κ3) is 2.43.